The summed E-state index contributed by atoms with van der Waals surface area (Å²) in [5.74, 6) is -0.383. The highest BCUT2D eigenvalue weighted by atomic mass is 35.5. The largest absolute Gasteiger partial charge is 0.492 e. The maximum Gasteiger partial charge on any atom is 0.243 e. The van der Waals surface area contributed by atoms with E-state index in [1.807, 2.05) is 37.3 Å². The topological polar surface area (TPSA) is 79.0 Å². The number of hydrogen-bond donors (Lipinski definition) is 3. The zero-order valence-corrected chi connectivity index (χ0v) is 22.4. The van der Waals surface area contributed by atoms with E-state index in [1.165, 1.54) is 18.2 Å². The third kappa shape index (κ3) is 6.90. The quantitative estimate of drug-likeness (QED) is 0.119. The van der Waals surface area contributed by atoms with Crippen molar-refractivity contribution in [2.75, 3.05) is 26.7 Å². The Balaban J connectivity index is 1.61. The number of halogens is 3. The fourth-order valence-electron chi connectivity index (χ4n) is 4.28. The summed E-state index contributed by atoms with van der Waals surface area (Å²) in [6.45, 7) is 3.60. The van der Waals surface area contributed by atoms with E-state index < -0.39 is 11.8 Å². The molecule has 6 nitrogen and oxygen atoms in total. The zero-order chi connectivity index (χ0) is 27.8. The number of rotatable bonds is 11. The standard InChI is InChI=1S/C30H29ClF2N4O2/c1-3-23(24-12-9-21(32)18-26(24)31)29(20-8-13-27-25(17-20)30(33)37-36-27)19-6-10-22(11-7-19)39-16-15-35-14-4-5-28(38)34-2/h4-13,17-18,35H,3,14-16H2,1-2H3,(H,34,38)(H,36,37)/b5-4?,29-23+. The summed E-state index contributed by atoms with van der Waals surface area (Å²) in [5.41, 5.74) is 4.63. The first-order valence-electron chi connectivity index (χ1n) is 12.6. The van der Waals surface area contributed by atoms with Crippen molar-refractivity contribution in [3.8, 4) is 5.75 Å². The second kappa shape index (κ2) is 13.2. The molecule has 0 saturated carbocycles. The van der Waals surface area contributed by atoms with Crippen molar-refractivity contribution in [3.05, 3.63) is 106 Å². The van der Waals surface area contributed by atoms with Gasteiger partial charge in [-0.05, 0) is 70.7 Å². The monoisotopic (exact) mass is 550 g/mol. The molecule has 0 radical (unpaired) electrons. The van der Waals surface area contributed by atoms with Gasteiger partial charge in [-0.3, -0.25) is 9.89 Å². The first kappa shape index (κ1) is 28.0. The maximum absolute atomic E-state index is 14.4. The molecule has 3 aromatic carbocycles. The lowest BCUT2D eigenvalue weighted by atomic mass is 9.87. The first-order valence-corrected chi connectivity index (χ1v) is 12.9. The van der Waals surface area contributed by atoms with Crippen LogP contribution < -0.4 is 15.4 Å². The molecule has 4 rings (SSSR count). The van der Waals surface area contributed by atoms with Crippen LogP contribution in [0.3, 0.4) is 0 Å². The van der Waals surface area contributed by atoms with Crippen molar-refractivity contribution in [1.29, 1.82) is 0 Å². The van der Waals surface area contributed by atoms with Crippen molar-refractivity contribution in [1.82, 2.24) is 20.8 Å². The van der Waals surface area contributed by atoms with Gasteiger partial charge in [0, 0.05) is 26.2 Å². The molecule has 4 aromatic rings. The van der Waals surface area contributed by atoms with Gasteiger partial charge in [0.2, 0.25) is 11.9 Å². The van der Waals surface area contributed by atoms with Crippen molar-refractivity contribution in [3.63, 3.8) is 0 Å². The van der Waals surface area contributed by atoms with Gasteiger partial charge < -0.3 is 15.4 Å². The Bertz CT molecular complexity index is 1510. The molecule has 0 fully saturated rings. The first-order chi connectivity index (χ1) is 18.9. The summed E-state index contributed by atoms with van der Waals surface area (Å²) in [6.07, 6.45) is 3.82. The number of carbonyl (C=O) groups is 1. The molecule has 202 valence electrons. The van der Waals surface area contributed by atoms with Crippen LogP contribution in [-0.4, -0.2) is 42.8 Å². The van der Waals surface area contributed by atoms with Crippen LogP contribution in [0, 0.1) is 11.8 Å². The number of aromatic nitrogens is 2. The summed E-state index contributed by atoms with van der Waals surface area (Å²) in [4.78, 5) is 11.2. The molecule has 0 bridgehead atoms. The molecule has 1 amide bonds. The number of H-pyrrole nitrogens is 1. The Labute approximate surface area is 230 Å². The predicted molar refractivity (Wildman–Crippen MR) is 152 cm³/mol. The Kier molecular flexibility index (Phi) is 9.46. The van der Waals surface area contributed by atoms with E-state index in [-0.39, 0.29) is 5.91 Å². The molecular formula is C30H29ClF2N4O2. The minimum absolute atomic E-state index is 0.149. The van der Waals surface area contributed by atoms with E-state index in [9.17, 15) is 13.6 Å². The number of fused-ring (bicyclic) bond motifs is 1. The number of allylic oxidation sites excluding steroid dienone is 1. The van der Waals surface area contributed by atoms with Crippen molar-refractivity contribution >= 4 is 39.6 Å². The number of likely N-dealkylation sites (N-methyl/N-ethyl adjacent to an activating group) is 1. The van der Waals surface area contributed by atoms with Crippen LogP contribution in [0.25, 0.3) is 22.0 Å². The second-order valence-corrected chi connectivity index (χ2v) is 9.10. The molecular weight excluding hydrogens is 522 g/mol. The van der Waals surface area contributed by atoms with Crippen LogP contribution in [0.15, 0.2) is 72.8 Å². The summed E-state index contributed by atoms with van der Waals surface area (Å²) in [7, 11) is 1.58. The number of nitrogens with one attached hydrogen (secondary N) is 3. The Morgan fingerprint density at radius 3 is 2.56 bits per heavy atom. The fourth-order valence-corrected chi connectivity index (χ4v) is 4.56. The van der Waals surface area contributed by atoms with Gasteiger partial charge in [0.25, 0.3) is 0 Å². The Hall–Kier alpha value is -4.01. The molecule has 0 aliphatic carbocycles. The number of aromatic amines is 1. The van der Waals surface area contributed by atoms with Crippen molar-refractivity contribution < 1.29 is 18.3 Å². The van der Waals surface area contributed by atoms with Crippen LogP contribution in [-0.2, 0) is 4.79 Å². The number of benzene rings is 3. The minimum Gasteiger partial charge on any atom is -0.492 e. The Morgan fingerprint density at radius 1 is 1.08 bits per heavy atom. The molecule has 0 aliphatic rings. The lowest BCUT2D eigenvalue weighted by molar-refractivity contribution is -0.116. The van der Waals surface area contributed by atoms with Gasteiger partial charge in [0.05, 0.1) is 15.9 Å². The van der Waals surface area contributed by atoms with E-state index in [0.717, 1.165) is 22.3 Å². The average molecular weight is 551 g/mol. The highest BCUT2D eigenvalue weighted by Gasteiger charge is 2.17. The molecule has 1 heterocycles. The van der Waals surface area contributed by atoms with Crippen molar-refractivity contribution in [2.45, 2.75) is 13.3 Å². The van der Waals surface area contributed by atoms with Crippen molar-refractivity contribution in [2.24, 2.45) is 0 Å². The summed E-state index contributed by atoms with van der Waals surface area (Å²) in [6, 6.07) is 17.4. The smallest absolute Gasteiger partial charge is 0.243 e. The van der Waals surface area contributed by atoms with Gasteiger partial charge in [0.15, 0.2) is 0 Å². The number of nitrogens with zero attached hydrogens (tertiary/aromatic N) is 1. The molecule has 0 aliphatic heterocycles. The summed E-state index contributed by atoms with van der Waals surface area (Å²) >= 11 is 6.48. The van der Waals surface area contributed by atoms with Gasteiger partial charge in [-0.25, -0.2) is 4.39 Å². The van der Waals surface area contributed by atoms with E-state index in [2.05, 4.69) is 20.8 Å². The maximum atomic E-state index is 14.4. The third-order valence-electron chi connectivity index (χ3n) is 6.18. The van der Waals surface area contributed by atoms with Crippen LogP contribution in [0.5, 0.6) is 5.75 Å². The molecule has 39 heavy (non-hydrogen) atoms. The summed E-state index contributed by atoms with van der Waals surface area (Å²) < 4.78 is 34.1. The highest BCUT2D eigenvalue weighted by Crippen LogP contribution is 2.38. The fraction of sp³-hybridized carbons (Fsp3) is 0.200. The highest BCUT2D eigenvalue weighted by molar-refractivity contribution is 6.32. The van der Waals surface area contributed by atoms with E-state index >= 15 is 0 Å². The number of carbonyl (C=O) groups excluding carboxylic acids is 1. The SMILES string of the molecule is CC/C(=C(/c1ccc(OCCNCC=CC(=O)NC)cc1)c1ccc2n[nH]c(F)c2c1)c1ccc(F)cc1Cl. The molecule has 1 aromatic heterocycles. The summed E-state index contributed by atoms with van der Waals surface area (Å²) in [5, 5.41) is 12.8. The normalized spacial score (nSPS) is 12.1. The molecule has 9 heteroatoms. The van der Waals surface area contributed by atoms with Gasteiger partial charge in [-0.1, -0.05) is 48.9 Å². The number of ether oxygens (including phenoxy) is 1. The van der Waals surface area contributed by atoms with Crippen LogP contribution in [0.2, 0.25) is 5.02 Å². The van der Waals surface area contributed by atoms with E-state index in [4.69, 9.17) is 16.3 Å². The van der Waals surface area contributed by atoms with Crippen LogP contribution in [0.1, 0.15) is 30.0 Å². The molecule has 0 atom stereocenters. The van der Waals surface area contributed by atoms with Gasteiger partial charge >= 0.3 is 0 Å². The molecule has 0 saturated heterocycles. The zero-order valence-electron chi connectivity index (χ0n) is 21.7. The number of hydrogen-bond acceptors (Lipinski definition) is 4. The van der Waals surface area contributed by atoms with Gasteiger partial charge in [0.1, 0.15) is 18.2 Å². The number of amides is 1. The van der Waals surface area contributed by atoms with E-state index in [0.29, 0.717) is 53.4 Å². The molecule has 3 N–H and O–H groups in total. The van der Waals surface area contributed by atoms with Gasteiger partial charge in [-0.15, -0.1) is 0 Å². The predicted octanol–water partition coefficient (Wildman–Crippen LogP) is 6.13. The molecule has 0 spiro atoms. The Morgan fingerprint density at radius 2 is 1.85 bits per heavy atom. The average Bonchev–Trinajstić information content (AvgIpc) is 3.31. The lowest BCUT2D eigenvalue weighted by Crippen LogP contribution is -2.21. The van der Waals surface area contributed by atoms with E-state index in [1.54, 1.807) is 31.3 Å². The second-order valence-electron chi connectivity index (χ2n) is 8.69. The van der Waals surface area contributed by atoms with Gasteiger partial charge in [-0.2, -0.15) is 9.49 Å². The molecule has 0 unspecified atom stereocenters. The van der Waals surface area contributed by atoms with Crippen LogP contribution in [0.4, 0.5) is 8.78 Å². The minimum atomic E-state index is -0.509. The lowest BCUT2D eigenvalue weighted by Gasteiger charge is -2.18. The third-order valence-corrected chi connectivity index (χ3v) is 6.49. The van der Waals surface area contributed by atoms with Crippen LogP contribution >= 0.6 is 11.6 Å².